The Hall–Kier alpha value is -3.71. The Kier molecular flexibility index (Phi) is 9.58. The number of ether oxygens (including phenoxy) is 1. The van der Waals surface area contributed by atoms with Crippen molar-refractivity contribution in [2.75, 3.05) is 6.61 Å². The standard InChI is InChI=1S/C32H25ClF6O/c1-2-3-14-40-32(39)31(38)22-10-7-20(8-11-22)23-12-9-21(26(34)16-23)6-4-19-5-13-25(27(35)15-19)24-17-28(36)30(33)29(37)18-24/h5,7-13,15-18H,2-4,6,14H2,1H3/b32-31-. The Labute approximate surface area is 233 Å². The molecule has 8 heteroatoms. The van der Waals surface area contributed by atoms with Gasteiger partial charge in [0, 0.05) is 11.1 Å². The van der Waals surface area contributed by atoms with Crippen LogP contribution in [0.15, 0.2) is 78.8 Å². The molecule has 4 aromatic carbocycles. The second-order valence-corrected chi connectivity index (χ2v) is 9.62. The molecule has 0 heterocycles. The molecular formula is C32H25ClF6O. The number of hydrogen-bond donors (Lipinski definition) is 0. The zero-order valence-corrected chi connectivity index (χ0v) is 22.3. The van der Waals surface area contributed by atoms with Crippen molar-refractivity contribution < 1.29 is 31.1 Å². The van der Waals surface area contributed by atoms with Gasteiger partial charge in [0.2, 0.25) is 5.83 Å². The van der Waals surface area contributed by atoms with Crippen LogP contribution in [0.4, 0.5) is 26.3 Å². The van der Waals surface area contributed by atoms with E-state index in [-0.39, 0.29) is 29.7 Å². The first-order valence-corrected chi connectivity index (χ1v) is 13.1. The van der Waals surface area contributed by atoms with E-state index < -0.39 is 40.1 Å². The van der Waals surface area contributed by atoms with E-state index in [9.17, 15) is 26.3 Å². The molecule has 0 fully saturated rings. The SMILES string of the molecule is CCCCO/C(F)=C(\F)c1ccc(-c2ccc(CCc3ccc(-c4cc(F)c(Cl)c(F)c4)c(F)c3)c(F)c2)cc1. The zero-order chi connectivity index (χ0) is 28.8. The Morgan fingerprint density at radius 1 is 0.700 bits per heavy atom. The van der Waals surface area contributed by atoms with E-state index in [0.29, 0.717) is 35.1 Å². The number of rotatable bonds is 10. The summed E-state index contributed by atoms with van der Waals surface area (Å²) in [6.45, 7) is 2.00. The summed E-state index contributed by atoms with van der Waals surface area (Å²) in [6.07, 6.45) is 2.01. The molecule has 0 unspecified atom stereocenters. The van der Waals surface area contributed by atoms with Gasteiger partial charge in [-0.1, -0.05) is 73.5 Å². The number of hydrogen-bond acceptors (Lipinski definition) is 1. The average Bonchev–Trinajstić information content (AvgIpc) is 2.94. The first kappa shape index (κ1) is 29.3. The van der Waals surface area contributed by atoms with E-state index in [4.69, 9.17) is 16.3 Å². The van der Waals surface area contributed by atoms with Gasteiger partial charge in [0.25, 0.3) is 0 Å². The number of aryl methyl sites for hydroxylation is 2. The molecule has 1 nitrogen and oxygen atoms in total. The highest BCUT2D eigenvalue weighted by molar-refractivity contribution is 6.31. The zero-order valence-electron chi connectivity index (χ0n) is 21.5. The average molecular weight is 575 g/mol. The van der Waals surface area contributed by atoms with Crippen molar-refractivity contribution in [3.05, 3.63) is 124 Å². The Morgan fingerprint density at radius 3 is 1.98 bits per heavy atom. The molecule has 40 heavy (non-hydrogen) atoms. The van der Waals surface area contributed by atoms with Crippen molar-refractivity contribution in [2.45, 2.75) is 32.6 Å². The van der Waals surface area contributed by atoms with Crippen LogP contribution in [0.3, 0.4) is 0 Å². The van der Waals surface area contributed by atoms with Crippen LogP contribution in [-0.2, 0) is 17.6 Å². The van der Waals surface area contributed by atoms with E-state index in [2.05, 4.69) is 0 Å². The molecule has 4 rings (SSSR count). The highest BCUT2D eigenvalue weighted by Crippen LogP contribution is 2.30. The molecule has 0 aliphatic heterocycles. The number of halogens is 7. The minimum absolute atomic E-state index is 0.0134. The summed E-state index contributed by atoms with van der Waals surface area (Å²) >= 11 is 5.50. The lowest BCUT2D eigenvalue weighted by molar-refractivity contribution is 0.141. The summed E-state index contributed by atoms with van der Waals surface area (Å²) in [5.74, 6) is -4.20. The van der Waals surface area contributed by atoms with E-state index in [1.807, 2.05) is 6.92 Å². The molecule has 0 aliphatic carbocycles. The molecule has 0 spiro atoms. The van der Waals surface area contributed by atoms with E-state index >= 15 is 0 Å². The maximum atomic E-state index is 14.9. The normalized spacial score (nSPS) is 11.9. The van der Waals surface area contributed by atoms with Crippen LogP contribution < -0.4 is 0 Å². The molecule has 0 aromatic heterocycles. The monoisotopic (exact) mass is 574 g/mol. The second-order valence-electron chi connectivity index (χ2n) is 9.24. The predicted molar refractivity (Wildman–Crippen MR) is 146 cm³/mol. The highest BCUT2D eigenvalue weighted by atomic mass is 35.5. The molecule has 0 aliphatic rings. The summed E-state index contributed by atoms with van der Waals surface area (Å²) in [6, 6.07) is 15.5. The molecule has 0 N–H and O–H groups in total. The van der Waals surface area contributed by atoms with Crippen LogP contribution in [0.25, 0.3) is 28.1 Å². The summed E-state index contributed by atoms with van der Waals surface area (Å²) in [7, 11) is 0. The molecule has 0 saturated heterocycles. The third kappa shape index (κ3) is 6.89. The fourth-order valence-electron chi connectivity index (χ4n) is 4.16. The van der Waals surface area contributed by atoms with Gasteiger partial charge in [-0.05, 0) is 71.3 Å². The molecule has 0 bridgehead atoms. The molecule has 0 radical (unpaired) electrons. The predicted octanol–water partition coefficient (Wildman–Crippen LogP) is 10.4. The fourth-order valence-corrected chi connectivity index (χ4v) is 4.27. The molecule has 0 saturated carbocycles. The van der Waals surface area contributed by atoms with Gasteiger partial charge in [-0.2, -0.15) is 8.78 Å². The first-order valence-electron chi connectivity index (χ1n) is 12.7. The van der Waals surface area contributed by atoms with Crippen molar-refractivity contribution in [3.63, 3.8) is 0 Å². The van der Waals surface area contributed by atoms with Crippen molar-refractivity contribution in [1.29, 1.82) is 0 Å². The van der Waals surface area contributed by atoms with Gasteiger partial charge in [-0.3, -0.25) is 0 Å². The van der Waals surface area contributed by atoms with Crippen LogP contribution >= 0.6 is 11.6 Å². The first-order chi connectivity index (χ1) is 19.2. The summed E-state index contributed by atoms with van der Waals surface area (Å²) in [5.41, 5.74) is 2.20. The van der Waals surface area contributed by atoms with Crippen LogP contribution in [0.2, 0.25) is 5.02 Å². The fraction of sp³-hybridized carbons (Fsp3) is 0.188. The van der Waals surface area contributed by atoms with Crippen molar-refractivity contribution in [2.24, 2.45) is 0 Å². The maximum absolute atomic E-state index is 14.9. The maximum Gasteiger partial charge on any atom is 0.309 e. The summed E-state index contributed by atoms with van der Waals surface area (Å²) in [5, 5.41) is -0.657. The quantitative estimate of drug-likeness (QED) is 0.0792. The van der Waals surface area contributed by atoms with Crippen LogP contribution in [0, 0.1) is 23.3 Å². The smallest absolute Gasteiger partial charge is 0.309 e. The third-order valence-corrected chi connectivity index (χ3v) is 6.80. The topological polar surface area (TPSA) is 9.23 Å². The third-order valence-electron chi connectivity index (χ3n) is 6.44. The summed E-state index contributed by atoms with van der Waals surface area (Å²) in [4.78, 5) is 0. The van der Waals surface area contributed by atoms with Gasteiger partial charge >= 0.3 is 6.01 Å². The van der Waals surface area contributed by atoms with Crippen LogP contribution in [-0.4, -0.2) is 6.61 Å². The largest absolute Gasteiger partial charge is 0.469 e. The number of unbranched alkanes of at least 4 members (excludes halogenated alkanes) is 1. The minimum atomic E-state index is -1.26. The molecule has 0 amide bonds. The van der Waals surface area contributed by atoms with Crippen molar-refractivity contribution >= 4 is 17.4 Å². The van der Waals surface area contributed by atoms with Gasteiger partial charge in [-0.15, -0.1) is 0 Å². The van der Waals surface area contributed by atoms with Gasteiger partial charge < -0.3 is 4.74 Å². The van der Waals surface area contributed by atoms with Gasteiger partial charge in [0.1, 0.15) is 28.3 Å². The molecule has 0 atom stereocenters. The molecule has 208 valence electrons. The Bertz CT molecular complexity index is 1510. The second kappa shape index (κ2) is 13.1. The van der Waals surface area contributed by atoms with Crippen LogP contribution in [0.5, 0.6) is 0 Å². The van der Waals surface area contributed by atoms with E-state index in [0.717, 1.165) is 18.6 Å². The highest BCUT2D eigenvalue weighted by Gasteiger charge is 2.14. The van der Waals surface area contributed by atoms with Crippen LogP contribution in [0.1, 0.15) is 36.5 Å². The van der Waals surface area contributed by atoms with Crippen molar-refractivity contribution in [3.8, 4) is 22.3 Å². The summed E-state index contributed by atoms with van der Waals surface area (Å²) < 4.78 is 90.1. The lowest BCUT2D eigenvalue weighted by atomic mass is 9.97. The molecular weight excluding hydrogens is 550 g/mol. The lowest BCUT2D eigenvalue weighted by Gasteiger charge is -2.10. The van der Waals surface area contributed by atoms with Gasteiger partial charge in [0.05, 0.1) is 6.61 Å². The number of benzene rings is 4. The van der Waals surface area contributed by atoms with E-state index in [1.165, 1.54) is 30.3 Å². The lowest BCUT2D eigenvalue weighted by Crippen LogP contribution is -1.97. The Balaban J connectivity index is 1.43. The van der Waals surface area contributed by atoms with Gasteiger partial charge in [-0.25, -0.2) is 17.6 Å². The van der Waals surface area contributed by atoms with Crippen molar-refractivity contribution in [1.82, 2.24) is 0 Å². The minimum Gasteiger partial charge on any atom is -0.469 e. The Morgan fingerprint density at radius 2 is 1.35 bits per heavy atom. The van der Waals surface area contributed by atoms with E-state index in [1.54, 1.807) is 30.3 Å². The molecule has 4 aromatic rings. The van der Waals surface area contributed by atoms with Gasteiger partial charge in [0.15, 0.2) is 0 Å².